The molecular formula is C13H14F2N2. The van der Waals surface area contributed by atoms with Crippen molar-refractivity contribution in [2.45, 2.75) is 20.3 Å². The van der Waals surface area contributed by atoms with Crippen molar-refractivity contribution in [1.29, 1.82) is 5.26 Å². The van der Waals surface area contributed by atoms with Gasteiger partial charge in [-0.3, -0.25) is 0 Å². The second-order valence-corrected chi connectivity index (χ2v) is 5.21. The normalized spacial score (nSPS) is 18.2. The summed E-state index contributed by atoms with van der Waals surface area (Å²) in [6, 6.07) is 4.45. The predicted molar refractivity (Wildman–Crippen MR) is 61.7 cm³/mol. The molecule has 0 atom stereocenters. The molecule has 0 N–H and O–H groups in total. The van der Waals surface area contributed by atoms with Gasteiger partial charge in [-0.15, -0.1) is 0 Å². The zero-order valence-corrected chi connectivity index (χ0v) is 9.93. The fraction of sp³-hybridized carbons (Fsp3) is 0.462. The average Bonchev–Trinajstić information content (AvgIpc) is 2.63. The van der Waals surface area contributed by atoms with Crippen LogP contribution in [0.15, 0.2) is 12.1 Å². The zero-order valence-electron chi connectivity index (χ0n) is 9.93. The molecule has 2 nitrogen and oxygen atoms in total. The fourth-order valence-corrected chi connectivity index (χ4v) is 2.19. The maximum atomic E-state index is 13.8. The van der Waals surface area contributed by atoms with Crippen LogP contribution in [0.4, 0.5) is 14.5 Å². The smallest absolute Gasteiger partial charge is 0.183 e. The molecule has 1 saturated heterocycles. The summed E-state index contributed by atoms with van der Waals surface area (Å²) in [6.45, 7) is 5.63. The lowest BCUT2D eigenvalue weighted by Crippen LogP contribution is -2.24. The lowest BCUT2D eigenvalue weighted by Gasteiger charge is -2.22. The van der Waals surface area contributed by atoms with Gasteiger partial charge in [-0.1, -0.05) is 13.8 Å². The standard InChI is InChI=1S/C13H14F2N2/c1-13(2)5-6-17(8-13)10-4-3-9(7-16)11(14)12(10)15/h3-4H,5-6,8H2,1-2H3. The van der Waals surface area contributed by atoms with E-state index in [1.165, 1.54) is 12.1 Å². The summed E-state index contributed by atoms with van der Waals surface area (Å²) in [6.07, 6.45) is 0.952. The lowest BCUT2D eigenvalue weighted by atomic mass is 9.93. The van der Waals surface area contributed by atoms with Gasteiger partial charge in [0.25, 0.3) is 0 Å². The van der Waals surface area contributed by atoms with Crippen LogP contribution in [-0.2, 0) is 0 Å². The van der Waals surface area contributed by atoms with E-state index in [1.807, 2.05) is 4.90 Å². The van der Waals surface area contributed by atoms with Crippen molar-refractivity contribution in [3.8, 4) is 6.07 Å². The van der Waals surface area contributed by atoms with Gasteiger partial charge in [0.15, 0.2) is 11.6 Å². The first-order valence-electron chi connectivity index (χ1n) is 5.58. The molecule has 0 saturated carbocycles. The van der Waals surface area contributed by atoms with Gasteiger partial charge in [0.2, 0.25) is 0 Å². The SMILES string of the molecule is CC1(C)CCN(c2ccc(C#N)c(F)c2F)C1. The highest BCUT2D eigenvalue weighted by Gasteiger charge is 2.31. The quantitative estimate of drug-likeness (QED) is 0.749. The molecule has 1 aliphatic rings. The molecule has 0 amide bonds. The predicted octanol–water partition coefficient (Wildman–Crippen LogP) is 3.07. The molecule has 0 aliphatic carbocycles. The molecule has 90 valence electrons. The molecule has 0 bridgehead atoms. The van der Waals surface area contributed by atoms with Crippen LogP contribution in [0.2, 0.25) is 0 Å². The Morgan fingerprint density at radius 3 is 2.53 bits per heavy atom. The summed E-state index contributed by atoms with van der Waals surface area (Å²) < 4.78 is 27.3. The molecule has 0 unspecified atom stereocenters. The number of hydrogen-bond donors (Lipinski definition) is 0. The van der Waals surface area contributed by atoms with Gasteiger partial charge in [-0.2, -0.15) is 5.26 Å². The summed E-state index contributed by atoms with van der Waals surface area (Å²) in [5, 5.41) is 8.61. The van der Waals surface area contributed by atoms with E-state index in [0.29, 0.717) is 6.54 Å². The Kier molecular flexibility index (Phi) is 2.78. The Hall–Kier alpha value is -1.63. The highest BCUT2D eigenvalue weighted by Crippen LogP contribution is 2.34. The molecule has 0 spiro atoms. The van der Waals surface area contributed by atoms with E-state index in [9.17, 15) is 8.78 Å². The largest absolute Gasteiger partial charge is 0.369 e. The second kappa shape index (κ2) is 3.99. The highest BCUT2D eigenvalue weighted by atomic mass is 19.2. The first-order chi connectivity index (χ1) is 7.94. The van der Waals surface area contributed by atoms with Crippen molar-refractivity contribution < 1.29 is 8.78 Å². The van der Waals surface area contributed by atoms with Crippen molar-refractivity contribution in [2.75, 3.05) is 18.0 Å². The van der Waals surface area contributed by atoms with E-state index in [4.69, 9.17) is 5.26 Å². The number of nitriles is 1. The molecule has 1 heterocycles. The molecule has 4 heteroatoms. The number of hydrogen-bond acceptors (Lipinski definition) is 2. The summed E-state index contributed by atoms with van der Waals surface area (Å²) in [4.78, 5) is 1.83. The molecule has 17 heavy (non-hydrogen) atoms. The van der Waals surface area contributed by atoms with E-state index in [2.05, 4.69) is 13.8 Å². The van der Waals surface area contributed by atoms with Crippen molar-refractivity contribution in [1.82, 2.24) is 0 Å². The molecule has 1 aliphatic heterocycles. The van der Waals surface area contributed by atoms with Crippen LogP contribution >= 0.6 is 0 Å². The Morgan fingerprint density at radius 1 is 1.29 bits per heavy atom. The Balaban J connectivity index is 2.36. The van der Waals surface area contributed by atoms with Crippen LogP contribution < -0.4 is 4.90 Å². The van der Waals surface area contributed by atoms with Crippen LogP contribution in [-0.4, -0.2) is 13.1 Å². The fourth-order valence-electron chi connectivity index (χ4n) is 2.19. The Labute approximate surface area is 99.5 Å². The van der Waals surface area contributed by atoms with Crippen molar-refractivity contribution >= 4 is 5.69 Å². The minimum atomic E-state index is -1.05. The third-order valence-corrected chi connectivity index (χ3v) is 3.20. The van der Waals surface area contributed by atoms with Gasteiger partial charge >= 0.3 is 0 Å². The average molecular weight is 236 g/mol. The van der Waals surface area contributed by atoms with Gasteiger partial charge in [0, 0.05) is 13.1 Å². The molecule has 0 aromatic heterocycles. The Morgan fingerprint density at radius 2 is 2.00 bits per heavy atom. The zero-order chi connectivity index (χ0) is 12.6. The van der Waals surface area contributed by atoms with E-state index in [1.54, 1.807) is 6.07 Å². The minimum Gasteiger partial charge on any atom is -0.369 e. The van der Waals surface area contributed by atoms with Gasteiger partial charge in [0.05, 0.1) is 11.3 Å². The second-order valence-electron chi connectivity index (χ2n) is 5.21. The van der Waals surface area contributed by atoms with Gasteiger partial charge in [-0.25, -0.2) is 8.78 Å². The maximum Gasteiger partial charge on any atom is 0.183 e. The lowest BCUT2D eigenvalue weighted by molar-refractivity contribution is 0.418. The summed E-state index contributed by atoms with van der Waals surface area (Å²) in [5.41, 5.74) is 0.133. The van der Waals surface area contributed by atoms with E-state index in [-0.39, 0.29) is 16.7 Å². The molecule has 1 aromatic carbocycles. The summed E-state index contributed by atoms with van der Waals surface area (Å²) >= 11 is 0. The van der Waals surface area contributed by atoms with Crippen LogP contribution in [0.5, 0.6) is 0 Å². The maximum absolute atomic E-state index is 13.8. The van der Waals surface area contributed by atoms with Crippen LogP contribution in [0.3, 0.4) is 0 Å². The number of halogens is 2. The first-order valence-corrected chi connectivity index (χ1v) is 5.58. The number of anilines is 1. The topological polar surface area (TPSA) is 27.0 Å². The molecule has 1 aromatic rings. The first kappa shape index (κ1) is 11.8. The van der Waals surface area contributed by atoms with E-state index >= 15 is 0 Å². The monoisotopic (exact) mass is 236 g/mol. The number of benzene rings is 1. The number of rotatable bonds is 1. The molecule has 2 rings (SSSR count). The summed E-state index contributed by atoms with van der Waals surface area (Å²) in [5.74, 6) is -1.96. The van der Waals surface area contributed by atoms with Crippen molar-refractivity contribution in [3.05, 3.63) is 29.3 Å². The van der Waals surface area contributed by atoms with Crippen LogP contribution in [0.25, 0.3) is 0 Å². The van der Waals surface area contributed by atoms with Gasteiger partial charge < -0.3 is 4.90 Å². The van der Waals surface area contributed by atoms with Gasteiger partial charge in [-0.05, 0) is 24.0 Å². The Bertz CT molecular complexity index is 489. The molecular weight excluding hydrogens is 222 g/mol. The molecule has 1 fully saturated rings. The third kappa shape index (κ3) is 2.10. The highest BCUT2D eigenvalue weighted by molar-refractivity contribution is 5.53. The van der Waals surface area contributed by atoms with Crippen molar-refractivity contribution in [2.24, 2.45) is 5.41 Å². The van der Waals surface area contributed by atoms with Gasteiger partial charge in [0.1, 0.15) is 6.07 Å². The molecule has 0 radical (unpaired) electrons. The van der Waals surface area contributed by atoms with Crippen molar-refractivity contribution in [3.63, 3.8) is 0 Å². The third-order valence-electron chi connectivity index (χ3n) is 3.20. The van der Waals surface area contributed by atoms with E-state index in [0.717, 1.165) is 13.0 Å². The number of nitrogens with zero attached hydrogens (tertiary/aromatic N) is 2. The van der Waals surface area contributed by atoms with Crippen LogP contribution in [0, 0.1) is 28.4 Å². The van der Waals surface area contributed by atoms with Crippen LogP contribution in [0.1, 0.15) is 25.8 Å². The van der Waals surface area contributed by atoms with E-state index < -0.39 is 11.6 Å². The minimum absolute atomic E-state index is 0.122. The summed E-state index contributed by atoms with van der Waals surface area (Å²) in [7, 11) is 0.